The quantitative estimate of drug-likeness (QED) is 0.713. The van der Waals surface area contributed by atoms with E-state index >= 15 is 0 Å². The molecular weight excluding hydrogens is 220 g/mol. The lowest BCUT2D eigenvalue weighted by Gasteiger charge is -2.12. The number of nitrogens with two attached hydrogens (primary N) is 1. The van der Waals surface area contributed by atoms with E-state index in [0.29, 0.717) is 5.25 Å². The van der Waals surface area contributed by atoms with E-state index in [1.165, 1.54) is 0 Å². The zero-order valence-electron chi connectivity index (χ0n) is 9.45. The van der Waals surface area contributed by atoms with Gasteiger partial charge in [0, 0.05) is 17.2 Å². The summed E-state index contributed by atoms with van der Waals surface area (Å²) in [6.45, 7) is 3.09. The average molecular weight is 236 g/mol. The Hall–Kier alpha value is -1.36. The zero-order valence-corrected chi connectivity index (χ0v) is 10.3. The van der Waals surface area contributed by atoms with Crippen molar-refractivity contribution in [2.24, 2.45) is 0 Å². The van der Waals surface area contributed by atoms with Gasteiger partial charge in [0.25, 0.3) is 0 Å². The van der Waals surface area contributed by atoms with Crippen LogP contribution in [0.5, 0.6) is 0 Å². The second-order valence-corrected chi connectivity index (χ2v) is 5.10. The van der Waals surface area contributed by atoms with Gasteiger partial charge in [-0.1, -0.05) is 6.92 Å². The summed E-state index contributed by atoms with van der Waals surface area (Å²) in [7, 11) is 0. The first-order valence-corrected chi connectivity index (χ1v) is 6.48. The van der Waals surface area contributed by atoms with E-state index in [2.05, 4.69) is 28.7 Å². The molecule has 4 N–H and O–H groups in total. The molecule has 0 fully saturated rings. The maximum absolute atomic E-state index is 5.96. The lowest BCUT2D eigenvalue weighted by atomic mass is 10.2. The van der Waals surface area contributed by atoms with Gasteiger partial charge in [0.2, 0.25) is 0 Å². The molecule has 2 rings (SSSR count). The smallest absolute Gasteiger partial charge is 0.0672 e. The number of nitrogens with one attached hydrogen (secondary N) is 2. The van der Waals surface area contributed by atoms with Crippen molar-refractivity contribution < 1.29 is 0 Å². The topological polar surface area (TPSA) is 66.7 Å². The molecule has 1 aromatic carbocycles. The Kier molecular flexibility index (Phi) is 3.24. The van der Waals surface area contributed by atoms with E-state index in [1.54, 1.807) is 6.20 Å². The number of H-pyrrole nitrogens is 1. The molecule has 2 aromatic rings. The van der Waals surface area contributed by atoms with Crippen molar-refractivity contribution in [3.05, 3.63) is 18.3 Å². The van der Waals surface area contributed by atoms with Crippen LogP contribution in [0.15, 0.2) is 18.3 Å². The minimum Gasteiger partial charge on any atom is -0.397 e. The standard InChI is InChI=1S/C11H16N4S/c1-7(16-2)5-13-11-4-10-8(3-9(11)12)6-14-15-10/h3-4,6-7,13H,5,12H2,1-2H3,(H,14,15). The summed E-state index contributed by atoms with van der Waals surface area (Å²) >= 11 is 1.83. The van der Waals surface area contributed by atoms with Crippen LogP contribution in [0.25, 0.3) is 10.9 Å². The van der Waals surface area contributed by atoms with E-state index in [1.807, 2.05) is 23.9 Å². The third-order valence-electron chi connectivity index (χ3n) is 2.59. The third-order valence-corrected chi connectivity index (χ3v) is 3.56. The van der Waals surface area contributed by atoms with Crippen LogP contribution in [0.2, 0.25) is 0 Å². The van der Waals surface area contributed by atoms with Gasteiger partial charge in [-0.25, -0.2) is 0 Å². The van der Waals surface area contributed by atoms with Crippen molar-refractivity contribution >= 4 is 34.0 Å². The number of hydrogen-bond donors (Lipinski definition) is 3. The predicted molar refractivity (Wildman–Crippen MR) is 72.0 cm³/mol. The fraction of sp³-hybridized carbons (Fsp3) is 0.364. The molecule has 1 aromatic heterocycles. The van der Waals surface area contributed by atoms with E-state index in [0.717, 1.165) is 28.8 Å². The van der Waals surface area contributed by atoms with E-state index in [9.17, 15) is 0 Å². The maximum atomic E-state index is 5.96. The molecule has 0 aliphatic carbocycles. The molecule has 0 amide bonds. The van der Waals surface area contributed by atoms with Gasteiger partial charge in [-0.05, 0) is 18.4 Å². The van der Waals surface area contributed by atoms with Crippen molar-refractivity contribution in [1.82, 2.24) is 10.2 Å². The molecule has 0 bridgehead atoms. The summed E-state index contributed by atoms with van der Waals surface area (Å²) in [6.07, 6.45) is 3.88. The van der Waals surface area contributed by atoms with Crippen LogP contribution in [0, 0.1) is 0 Å². The lowest BCUT2D eigenvalue weighted by molar-refractivity contribution is 1.00. The zero-order chi connectivity index (χ0) is 11.5. The van der Waals surface area contributed by atoms with Crippen LogP contribution in [0.1, 0.15) is 6.92 Å². The molecule has 0 saturated carbocycles. The van der Waals surface area contributed by atoms with Gasteiger partial charge in [0.05, 0.1) is 23.1 Å². The normalized spacial score (nSPS) is 12.9. The summed E-state index contributed by atoms with van der Waals surface area (Å²) in [5.74, 6) is 0. The van der Waals surface area contributed by atoms with Crippen molar-refractivity contribution in [3.63, 3.8) is 0 Å². The number of anilines is 2. The van der Waals surface area contributed by atoms with Crippen molar-refractivity contribution in [2.45, 2.75) is 12.2 Å². The van der Waals surface area contributed by atoms with Crippen LogP contribution >= 0.6 is 11.8 Å². The van der Waals surface area contributed by atoms with Crippen molar-refractivity contribution in [3.8, 4) is 0 Å². The van der Waals surface area contributed by atoms with Gasteiger partial charge in [-0.3, -0.25) is 5.10 Å². The van der Waals surface area contributed by atoms with Crippen LogP contribution in [-0.4, -0.2) is 28.2 Å². The van der Waals surface area contributed by atoms with Gasteiger partial charge in [-0.2, -0.15) is 16.9 Å². The highest BCUT2D eigenvalue weighted by atomic mass is 32.2. The number of aromatic amines is 1. The van der Waals surface area contributed by atoms with Gasteiger partial charge in [0.15, 0.2) is 0 Å². The number of fused-ring (bicyclic) bond motifs is 1. The summed E-state index contributed by atoms with van der Waals surface area (Å²) < 4.78 is 0. The minimum absolute atomic E-state index is 0.567. The fourth-order valence-corrected chi connectivity index (χ4v) is 1.75. The van der Waals surface area contributed by atoms with Gasteiger partial charge in [0.1, 0.15) is 0 Å². The van der Waals surface area contributed by atoms with Crippen LogP contribution in [-0.2, 0) is 0 Å². The Balaban J connectivity index is 2.19. The number of benzene rings is 1. The Bertz CT molecular complexity index is 480. The monoisotopic (exact) mass is 236 g/mol. The molecule has 4 nitrogen and oxygen atoms in total. The first-order valence-electron chi connectivity index (χ1n) is 5.20. The Labute approximate surface area is 99.0 Å². The predicted octanol–water partition coefficient (Wildman–Crippen LogP) is 2.31. The number of hydrogen-bond acceptors (Lipinski definition) is 4. The highest BCUT2D eigenvalue weighted by Gasteiger charge is 2.05. The molecule has 0 saturated heterocycles. The molecule has 0 spiro atoms. The SMILES string of the molecule is CSC(C)CNc1cc2[nH]ncc2cc1N. The Morgan fingerprint density at radius 1 is 1.56 bits per heavy atom. The van der Waals surface area contributed by atoms with Crippen molar-refractivity contribution in [1.29, 1.82) is 0 Å². The fourth-order valence-electron chi connectivity index (χ4n) is 1.50. The summed E-state index contributed by atoms with van der Waals surface area (Å²) in [6, 6.07) is 3.94. The van der Waals surface area contributed by atoms with Crippen LogP contribution < -0.4 is 11.1 Å². The van der Waals surface area contributed by atoms with E-state index in [-0.39, 0.29) is 0 Å². The third kappa shape index (κ3) is 2.24. The molecule has 5 heteroatoms. The number of nitrogen functional groups attached to an aromatic ring is 1. The molecule has 86 valence electrons. The molecule has 1 heterocycles. The molecular formula is C11H16N4S. The number of aromatic nitrogens is 2. The van der Waals surface area contributed by atoms with Gasteiger partial charge < -0.3 is 11.1 Å². The van der Waals surface area contributed by atoms with Crippen LogP contribution in [0.4, 0.5) is 11.4 Å². The van der Waals surface area contributed by atoms with Gasteiger partial charge >= 0.3 is 0 Å². The average Bonchev–Trinajstić information content (AvgIpc) is 2.72. The molecule has 0 radical (unpaired) electrons. The molecule has 16 heavy (non-hydrogen) atoms. The summed E-state index contributed by atoms with van der Waals surface area (Å²) in [5.41, 5.74) is 8.71. The first kappa shape index (κ1) is 11.1. The van der Waals surface area contributed by atoms with Crippen molar-refractivity contribution in [2.75, 3.05) is 23.9 Å². The molecule has 1 atom stereocenters. The summed E-state index contributed by atoms with van der Waals surface area (Å²) in [5, 5.41) is 11.9. The second kappa shape index (κ2) is 4.65. The van der Waals surface area contributed by atoms with E-state index < -0.39 is 0 Å². The molecule has 1 unspecified atom stereocenters. The highest BCUT2D eigenvalue weighted by molar-refractivity contribution is 7.99. The minimum atomic E-state index is 0.567. The highest BCUT2D eigenvalue weighted by Crippen LogP contribution is 2.24. The van der Waals surface area contributed by atoms with Gasteiger partial charge in [-0.15, -0.1) is 0 Å². The molecule has 0 aliphatic heterocycles. The Morgan fingerprint density at radius 3 is 3.12 bits per heavy atom. The Morgan fingerprint density at radius 2 is 2.38 bits per heavy atom. The first-order chi connectivity index (χ1) is 7.70. The number of thioether (sulfide) groups is 1. The second-order valence-electron chi connectivity index (χ2n) is 3.82. The molecule has 0 aliphatic rings. The largest absolute Gasteiger partial charge is 0.397 e. The van der Waals surface area contributed by atoms with Crippen LogP contribution in [0.3, 0.4) is 0 Å². The lowest BCUT2D eigenvalue weighted by Crippen LogP contribution is -2.13. The maximum Gasteiger partial charge on any atom is 0.0672 e. The number of nitrogens with zero attached hydrogens (tertiary/aromatic N) is 1. The summed E-state index contributed by atoms with van der Waals surface area (Å²) in [4.78, 5) is 0. The number of rotatable bonds is 4. The van der Waals surface area contributed by atoms with E-state index in [4.69, 9.17) is 5.73 Å².